The zero-order chi connectivity index (χ0) is 33.0. The van der Waals surface area contributed by atoms with Crippen molar-refractivity contribution >= 4 is 80.9 Å². The van der Waals surface area contributed by atoms with Crippen LogP contribution in [0.25, 0.3) is 74.7 Å². The van der Waals surface area contributed by atoms with Crippen molar-refractivity contribution in [1.29, 1.82) is 0 Å². The standard InChI is InChI=1S/C48H31NS/c1-3-15-40-32(10-1)12-8-18-42(40)35-13-7-14-38(30-35)49(39-28-29-43-36(31-39)23-22-33-11-2-4-16-41(33)43)37-26-24-34(25-27-37)44-19-9-20-46-45-17-5-6-21-47(45)50-48(44)46/h1-31H. The zero-order valence-electron chi connectivity index (χ0n) is 27.3. The van der Waals surface area contributed by atoms with E-state index in [1.54, 1.807) is 0 Å². The van der Waals surface area contributed by atoms with Crippen LogP contribution in [0.2, 0.25) is 0 Å². The van der Waals surface area contributed by atoms with Crippen LogP contribution in [0.1, 0.15) is 0 Å². The van der Waals surface area contributed by atoms with E-state index in [-0.39, 0.29) is 0 Å². The molecular formula is C48H31NS. The topological polar surface area (TPSA) is 3.24 Å². The highest BCUT2D eigenvalue weighted by Crippen LogP contribution is 2.43. The van der Waals surface area contributed by atoms with Gasteiger partial charge < -0.3 is 4.90 Å². The van der Waals surface area contributed by atoms with Crippen LogP contribution < -0.4 is 4.90 Å². The van der Waals surface area contributed by atoms with Crippen molar-refractivity contribution in [1.82, 2.24) is 0 Å². The summed E-state index contributed by atoms with van der Waals surface area (Å²) in [5.74, 6) is 0. The first kappa shape index (κ1) is 28.8. The molecule has 0 amide bonds. The summed E-state index contributed by atoms with van der Waals surface area (Å²) >= 11 is 1.88. The molecule has 0 aliphatic heterocycles. The second-order valence-electron chi connectivity index (χ2n) is 12.9. The summed E-state index contributed by atoms with van der Waals surface area (Å²) in [5, 5.41) is 10.2. The minimum absolute atomic E-state index is 1.12. The van der Waals surface area contributed by atoms with Crippen LogP contribution in [0.3, 0.4) is 0 Å². The lowest BCUT2D eigenvalue weighted by Gasteiger charge is -2.27. The maximum Gasteiger partial charge on any atom is 0.0468 e. The van der Waals surface area contributed by atoms with Gasteiger partial charge in [0.1, 0.15) is 0 Å². The summed E-state index contributed by atoms with van der Waals surface area (Å²) in [5.41, 5.74) is 8.30. The van der Waals surface area contributed by atoms with Crippen LogP contribution in [-0.2, 0) is 0 Å². The fourth-order valence-electron chi connectivity index (χ4n) is 7.64. The van der Waals surface area contributed by atoms with E-state index in [1.165, 1.54) is 74.7 Å². The lowest BCUT2D eigenvalue weighted by Crippen LogP contribution is -2.10. The normalized spacial score (nSPS) is 11.6. The van der Waals surface area contributed by atoms with Gasteiger partial charge in [0.15, 0.2) is 0 Å². The molecule has 0 saturated carbocycles. The molecule has 10 aromatic rings. The van der Waals surface area contributed by atoms with Gasteiger partial charge in [0, 0.05) is 37.2 Å². The van der Waals surface area contributed by atoms with Gasteiger partial charge in [-0.3, -0.25) is 0 Å². The molecule has 0 aliphatic carbocycles. The van der Waals surface area contributed by atoms with Gasteiger partial charge >= 0.3 is 0 Å². The maximum atomic E-state index is 2.40. The van der Waals surface area contributed by atoms with Gasteiger partial charge in [-0.05, 0) is 97.0 Å². The van der Waals surface area contributed by atoms with Crippen LogP contribution in [0.15, 0.2) is 188 Å². The number of nitrogens with zero attached hydrogens (tertiary/aromatic N) is 1. The molecule has 1 nitrogen and oxygen atoms in total. The molecule has 0 saturated heterocycles. The van der Waals surface area contributed by atoms with Crippen LogP contribution in [0.4, 0.5) is 17.1 Å². The van der Waals surface area contributed by atoms with E-state index < -0.39 is 0 Å². The molecule has 10 rings (SSSR count). The highest BCUT2D eigenvalue weighted by atomic mass is 32.1. The first-order chi connectivity index (χ1) is 24.8. The summed E-state index contributed by atoms with van der Waals surface area (Å²) < 4.78 is 2.66. The van der Waals surface area contributed by atoms with Gasteiger partial charge in [0.2, 0.25) is 0 Å². The van der Waals surface area contributed by atoms with E-state index >= 15 is 0 Å². The fraction of sp³-hybridized carbons (Fsp3) is 0. The first-order valence-electron chi connectivity index (χ1n) is 17.1. The van der Waals surface area contributed by atoms with Crippen molar-refractivity contribution in [3.8, 4) is 22.3 Å². The summed E-state index contributed by atoms with van der Waals surface area (Å²) in [6.45, 7) is 0. The highest BCUT2D eigenvalue weighted by molar-refractivity contribution is 7.26. The minimum Gasteiger partial charge on any atom is -0.310 e. The monoisotopic (exact) mass is 653 g/mol. The average molecular weight is 654 g/mol. The van der Waals surface area contributed by atoms with Gasteiger partial charge in [-0.15, -0.1) is 11.3 Å². The number of fused-ring (bicyclic) bond motifs is 7. The predicted molar refractivity (Wildman–Crippen MR) is 217 cm³/mol. The average Bonchev–Trinajstić information content (AvgIpc) is 3.57. The van der Waals surface area contributed by atoms with Gasteiger partial charge in [-0.1, -0.05) is 146 Å². The Kier molecular flexibility index (Phi) is 6.75. The van der Waals surface area contributed by atoms with Gasteiger partial charge in [0.25, 0.3) is 0 Å². The number of hydrogen-bond donors (Lipinski definition) is 0. The molecule has 0 unspecified atom stereocenters. The van der Waals surface area contributed by atoms with E-state index in [0.717, 1.165) is 17.1 Å². The maximum absolute atomic E-state index is 2.40. The molecule has 0 aliphatic rings. The fourth-order valence-corrected chi connectivity index (χ4v) is 8.88. The van der Waals surface area contributed by atoms with E-state index in [9.17, 15) is 0 Å². The van der Waals surface area contributed by atoms with Crippen molar-refractivity contribution in [3.05, 3.63) is 188 Å². The second kappa shape index (κ2) is 11.7. The molecule has 9 aromatic carbocycles. The molecule has 1 heterocycles. The van der Waals surface area contributed by atoms with Gasteiger partial charge in [-0.25, -0.2) is 0 Å². The smallest absolute Gasteiger partial charge is 0.0468 e. The lowest BCUT2D eigenvalue weighted by molar-refractivity contribution is 1.29. The molecule has 1 aromatic heterocycles. The second-order valence-corrected chi connectivity index (χ2v) is 14.0. The zero-order valence-corrected chi connectivity index (χ0v) is 28.1. The third-order valence-electron chi connectivity index (χ3n) is 10.0. The van der Waals surface area contributed by atoms with Crippen molar-refractivity contribution in [2.45, 2.75) is 0 Å². The van der Waals surface area contributed by atoms with Crippen molar-refractivity contribution in [3.63, 3.8) is 0 Å². The number of benzene rings is 9. The molecule has 0 fully saturated rings. The Balaban J connectivity index is 1.13. The number of rotatable bonds is 5. The van der Waals surface area contributed by atoms with E-state index in [4.69, 9.17) is 0 Å². The lowest BCUT2D eigenvalue weighted by atomic mass is 9.97. The summed E-state index contributed by atoms with van der Waals surface area (Å²) in [6, 6.07) is 68.7. The molecule has 0 atom stereocenters. The molecule has 234 valence electrons. The Morgan fingerprint density at radius 2 is 0.920 bits per heavy atom. The van der Waals surface area contributed by atoms with E-state index in [0.29, 0.717) is 0 Å². The predicted octanol–water partition coefficient (Wildman–Crippen LogP) is 14.3. The number of thiophene rings is 1. The Morgan fingerprint density at radius 3 is 1.80 bits per heavy atom. The number of hydrogen-bond acceptors (Lipinski definition) is 2. The van der Waals surface area contributed by atoms with Crippen molar-refractivity contribution in [2.24, 2.45) is 0 Å². The van der Waals surface area contributed by atoms with Crippen LogP contribution >= 0.6 is 11.3 Å². The molecule has 0 radical (unpaired) electrons. The van der Waals surface area contributed by atoms with Gasteiger partial charge in [0.05, 0.1) is 0 Å². The van der Waals surface area contributed by atoms with E-state index in [2.05, 4.69) is 193 Å². The number of anilines is 3. The van der Waals surface area contributed by atoms with Crippen LogP contribution in [-0.4, -0.2) is 0 Å². The molecule has 0 N–H and O–H groups in total. The van der Waals surface area contributed by atoms with Crippen molar-refractivity contribution < 1.29 is 0 Å². The first-order valence-corrected chi connectivity index (χ1v) is 17.9. The summed E-state index contributed by atoms with van der Waals surface area (Å²) in [6.07, 6.45) is 0. The third-order valence-corrected chi connectivity index (χ3v) is 11.3. The van der Waals surface area contributed by atoms with Crippen molar-refractivity contribution in [2.75, 3.05) is 4.90 Å². The quantitative estimate of drug-likeness (QED) is 0.167. The molecule has 50 heavy (non-hydrogen) atoms. The van der Waals surface area contributed by atoms with E-state index in [1.807, 2.05) is 11.3 Å². The third kappa shape index (κ3) is 4.76. The largest absolute Gasteiger partial charge is 0.310 e. The molecule has 0 spiro atoms. The molecule has 0 bridgehead atoms. The highest BCUT2D eigenvalue weighted by Gasteiger charge is 2.17. The Bertz CT molecular complexity index is 2870. The SMILES string of the molecule is c1cc(-c2cccc3ccccc23)cc(N(c2ccc(-c3cccc4c3sc3ccccc34)cc2)c2ccc3c(ccc4ccccc43)c2)c1. The minimum atomic E-state index is 1.12. The Morgan fingerprint density at radius 1 is 0.320 bits per heavy atom. The Labute approximate surface area is 294 Å². The van der Waals surface area contributed by atoms with Crippen LogP contribution in [0, 0.1) is 0 Å². The summed E-state index contributed by atoms with van der Waals surface area (Å²) in [7, 11) is 0. The Hall–Kier alpha value is -6.22. The summed E-state index contributed by atoms with van der Waals surface area (Å²) in [4.78, 5) is 2.40. The molecular weight excluding hydrogens is 623 g/mol. The van der Waals surface area contributed by atoms with Crippen LogP contribution in [0.5, 0.6) is 0 Å². The molecule has 2 heteroatoms. The van der Waals surface area contributed by atoms with Gasteiger partial charge in [-0.2, -0.15) is 0 Å².